The first-order valence-corrected chi connectivity index (χ1v) is 5.09. The number of carbonyl (C=O) groups excluding carboxylic acids is 1. The summed E-state index contributed by atoms with van der Waals surface area (Å²) < 4.78 is 0. The molecule has 2 rings (SSSR count). The number of hydrogen-bond acceptors (Lipinski definition) is 1. The van der Waals surface area contributed by atoms with Crippen LogP contribution < -0.4 is 0 Å². The Kier molecular flexibility index (Phi) is 2.24. The molecule has 0 atom stereocenters. The van der Waals surface area contributed by atoms with Gasteiger partial charge in [-0.2, -0.15) is 0 Å². The smallest absolute Gasteiger partial charge is 0.189 e. The molecule has 72 valence electrons. The van der Waals surface area contributed by atoms with Gasteiger partial charge in [0.25, 0.3) is 0 Å². The molecule has 0 aliphatic heterocycles. The zero-order valence-electron chi connectivity index (χ0n) is 8.63. The van der Waals surface area contributed by atoms with E-state index in [1.807, 2.05) is 25.1 Å². The maximum atomic E-state index is 11.8. The third-order valence-electron chi connectivity index (χ3n) is 2.79. The normalized spacial score (nSPS) is 14.9. The molecule has 0 saturated heterocycles. The van der Waals surface area contributed by atoms with E-state index in [2.05, 4.69) is 13.0 Å². The number of carbonyl (C=O) groups is 1. The van der Waals surface area contributed by atoms with Crippen LogP contribution in [-0.2, 0) is 0 Å². The Morgan fingerprint density at radius 3 is 2.43 bits per heavy atom. The molecule has 0 spiro atoms. The Bertz CT molecular complexity index is 413. The summed E-state index contributed by atoms with van der Waals surface area (Å²) in [5, 5.41) is 0. The molecule has 0 amide bonds. The molecule has 14 heavy (non-hydrogen) atoms. The van der Waals surface area contributed by atoms with Crippen molar-refractivity contribution in [3.63, 3.8) is 0 Å². The number of fused-ring (bicyclic) bond motifs is 1. The number of rotatable bonds is 2. The molecular formula is C13H14O. The van der Waals surface area contributed by atoms with Gasteiger partial charge >= 0.3 is 0 Å². The van der Waals surface area contributed by atoms with E-state index in [0.29, 0.717) is 0 Å². The van der Waals surface area contributed by atoms with Crippen LogP contribution in [0, 0.1) is 0 Å². The molecule has 0 unspecified atom stereocenters. The summed E-state index contributed by atoms with van der Waals surface area (Å²) in [5.74, 6) is 0.212. The molecule has 0 bridgehead atoms. The number of hydrogen-bond donors (Lipinski definition) is 0. The highest BCUT2D eigenvalue weighted by Gasteiger charge is 2.24. The minimum atomic E-state index is 0.212. The van der Waals surface area contributed by atoms with Crippen molar-refractivity contribution in [1.82, 2.24) is 0 Å². The lowest BCUT2D eigenvalue weighted by Crippen LogP contribution is -1.94. The first-order valence-electron chi connectivity index (χ1n) is 5.09. The van der Waals surface area contributed by atoms with Crippen molar-refractivity contribution in [2.45, 2.75) is 26.7 Å². The summed E-state index contributed by atoms with van der Waals surface area (Å²) >= 11 is 0. The summed E-state index contributed by atoms with van der Waals surface area (Å²) in [4.78, 5) is 11.8. The van der Waals surface area contributed by atoms with Gasteiger partial charge in [0.1, 0.15) is 0 Å². The molecule has 1 aromatic carbocycles. The third-order valence-corrected chi connectivity index (χ3v) is 2.79. The molecule has 1 aromatic rings. The van der Waals surface area contributed by atoms with Gasteiger partial charge < -0.3 is 0 Å². The molecule has 0 radical (unpaired) electrons. The maximum Gasteiger partial charge on any atom is 0.189 e. The monoisotopic (exact) mass is 186 g/mol. The highest BCUT2D eigenvalue weighted by atomic mass is 16.1. The van der Waals surface area contributed by atoms with Crippen molar-refractivity contribution in [2.75, 3.05) is 0 Å². The number of benzene rings is 1. The second-order valence-electron chi connectivity index (χ2n) is 3.73. The Labute approximate surface area is 84.5 Å². The molecular weight excluding hydrogens is 172 g/mol. The average molecular weight is 186 g/mol. The lowest BCUT2D eigenvalue weighted by Gasteiger charge is -2.02. The van der Waals surface area contributed by atoms with Crippen molar-refractivity contribution in [1.29, 1.82) is 0 Å². The quantitative estimate of drug-likeness (QED) is 0.691. The van der Waals surface area contributed by atoms with Crippen LogP contribution in [0.4, 0.5) is 0 Å². The van der Waals surface area contributed by atoms with E-state index < -0.39 is 0 Å². The fourth-order valence-electron chi connectivity index (χ4n) is 2.06. The molecule has 0 heterocycles. The Balaban J connectivity index is 2.55. The van der Waals surface area contributed by atoms with E-state index in [0.717, 1.165) is 29.5 Å². The van der Waals surface area contributed by atoms with Crippen LogP contribution in [0.15, 0.2) is 29.8 Å². The number of Topliss-reactive ketones (excluding diaryl/α,β-unsaturated/α-hetero) is 1. The number of allylic oxidation sites excluding steroid dienone is 2. The van der Waals surface area contributed by atoms with Crippen LogP contribution in [0.5, 0.6) is 0 Å². The van der Waals surface area contributed by atoms with Crippen LogP contribution in [0.2, 0.25) is 0 Å². The summed E-state index contributed by atoms with van der Waals surface area (Å²) in [6, 6.07) is 7.90. The van der Waals surface area contributed by atoms with E-state index in [-0.39, 0.29) is 5.78 Å². The molecule has 0 aromatic heterocycles. The molecule has 0 saturated carbocycles. The predicted octanol–water partition coefficient (Wildman–Crippen LogP) is 3.46. The summed E-state index contributed by atoms with van der Waals surface area (Å²) in [6.07, 6.45) is 2.10. The third kappa shape index (κ3) is 1.20. The van der Waals surface area contributed by atoms with Crippen molar-refractivity contribution < 1.29 is 4.79 Å². The van der Waals surface area contributed by atoms with Gasteiger partial charge in [-0.05, 0) is 24.5 Å². The highest BCUT2D eigenvalue weighted by Crippen LogP contribution is 2.34. The van der Waals surface area contributed by atoms with Crippen LogP contribution in [0.25, 0.3) is 5.57 Å². The summed E-state index contributed by atoms with van der Waals surface area (Å²) in [6.45, 7) is 4.08. The van der Waals surface area contributed by atoms with Gasteiger partial charge in [-0.1, -0.05) is 37.6 Å². The van der Waals surface area contributed by atoms with Gasteiger partial charge in [0.2, 0.25) is 0 Å². The van der Waals surface area contributed by atoms with Crippen molar-refractivity contribution >= 4 is 11.4 Å². The molecule has 1 aliphatic carbocycles. The molecule has 0 N–H and O–H groups in total. The Morgan fingerprint density at radius 2 is 1.79 bits per heavy atom. The lowest BCUT2D eigenvalue weighted by molar-refractivity contribution is 0.103. The second kappa shape index (κ2) is 3.41. The largest absolute Gasteiger partial charge is 0.289 e. The minimum Gasteiger partial charge on any atom is -0.289 e. The van der Waals surface area contributed by atoms with Crippen molar-refractivity contribution in [3.8, 4) is 0 Å². The van der Waals surface area contributed by atoms with Gasteiger partial charge in [-0.25, -0.2) is 0 Å². The zero-order valence-corrected chi connectivity index (χ0v) is 8.63. The fraction of sp³-hybridized carbons (Fsp3) is 0.308. The Hall–Kier alpha value is -1.37. The lowest BCUT2D eigenvalue weighted by atomic mass is 10.0. The van der Waals surface area contributed by atoms with Gasteiger partial charge in [0, 0.05) is 11.1 Å². The van der Waals surface area contributed by atoms with Gasteiger partial charge in [-0.15, -0.1) is 0 Å². The van der Waals surface area contributed by atoms with E-state index in [9.17, 15) is 4.79 Å². The Morgan fingerprint density at radius 1 is 1.14 bits per heavy atom. The van der Waals surface area contributed by atoms with Crippen LogP contribution in [-0.4, -0.2) is 5.78 Å². The van der Waals surface area contributed by atoms with Crippen LogP contribution >= 0.6 is 0 Å². The van der Waals surface area contributed by atoms with Gasteiger partial charge in [-0.3, -0.25) is 4.79 Å². The first-order chi connectivity index (χ1) is 6.75. The highest BCUT2D eigenvalue weighted by molar-refractivity contribution is 6.20. The number of ketones is 1. The van der Waals surface area contributed by atoms with Crippen molar-refractivity contribution in [2.24, 2.45) is 0 Å². The maximum absolute atomic E-state index is 11.8. The minimum absolute atomic E-state index is 0.212. The van der Waals surface area contributed by atoms with Crippen molar-refractivity contribution in [3.05, 3.63) is 41.0 Å². The van der Waals surface area contributed by atoms with E-state index in [1.165, 1.54) is 5.57 Å². The molecule has 1 aliphatic rings. The molecule has 1 heteroatoms. The van der Waals surface area contributed by atoms with Gasteiger partial charge in [0.05, 0.1) is 0 Å². The van der Waals surface area contributed by atoms with E-state index in [4.69, 9.17) is 0 Å². The van der Waals surface area contributed by atoms with E-state index in [1.54, 1.807) is 0 Å². The fourth-order valence-corrected chi connectivity index (χ4v) is 2.06. The SMILES string of the molecule is CCCC1=C(C)C(=O)c2ccccc21. The molecule has 0 fully saturated rings. The first kappa shape index (κ1) is 9.20. The van der Waals surface area contributed by atoms with Crippen LogP contribution in [0.3, 0.4) is 0 Å². The molecule has 1 nitrogen and oxygen atoms in total. The predicted molar refractivity (Wildman–Crippen MR) is 58.3 cm³/mol. The average Bonchev–Trinajstić information content (AvgIpc) is 2.45. The second-order valence-corrected chi connectivity index (χ2v) is 3.73. The topological polar surface area (TPSA) is 17.1 Å². The van der Waals surface area contributed by atoms with Gasteiger partial charge in [0.15, 0.2) is 5.78 Å². The van der Waals surface area contributed by atoms with E-state index >= 15 is 0 Å². The standard InChI is InChI=1S/C13H14O/c1-3-6-10-9(2)13(14)12-8-5-4-7-11(10)12/h4-5,7-8H,3,6H2,1-2H3. The zero-order chi connectivity index (χ0) is 10.1. The van der Waals surface area contributed by atoms with Crippen LogP contribution in [0.1, 0.15) is 42.6 Å². The summed E-state index contributed by atoms with van der Waals surface area (Å²) in [5.41, 5.74) is 4.21. The summed E-state index contributed by atoms with van der Waals surface area (Å²) in [7, 11) is 0.